The fraction of sp³-hybridized carbons (Fsp3) is 0.524. The molecule has 3 amide bonds. The van der Waals surface area contributed by atoms with Gasteiger partial charge in [0.2, 0.25) is 17.7 Å². The molecule has 11 nitrogen and oxygen atoms in total. The Morgan fingerprint density at radius 2 is 1.56 bits per heavy atom. The predicted octanol–water partition coefficient (Wildman–Crippen LogP) is -1.76. The summed E-state index contributed by atoms with van der Waals surface area (Å²) in [5, 5.41) is 25.8. The highest BCUT2D eigenvalue weighted by Crippen LogP contribution is 2.03. The van der Waals surface area contributed by atoms with Gasteiger partial charge in [0.25, 0.3) is 0 Å². The van der Waals surface area contributed by atoms with Gasteiger partial charge in [0, 0.05) is 0 Å². The number of amides is 3. The van der Waals surface area contributed by atoms with Crippen LogP contribution < -0.4 is 27.4 Å². The zero-order valence-electron chi connectivity index (χ0n) is 18.1. The number of carbonyl (C=O) groups is 4. The quantitative estimate of drug-likeness (QED) is 0.161. The maximum atomic E-state index is 12.4. The number of carboxylic acids is 1. The molecule has 178 valence electrons. The second kappa shape index (κ2) is 14.1. The standard InChI is InChI=1S/C21H33N5O6/c1-13(24-19(29)15(23)11-14-7-3-2-4-8-14)18(28)26-17(12-27)20(30)25-16(21(31)32)9-5-6-10-22/h2-4,7-8,13,15-17,27H,5-6,9-12,22-23H2,1H3,(H,24,29)(H,25,30)(H,26,28)(H,31,32). The fourth-order valence-electron chi connectivity index (χ4n) is 2.86. The molecule has 4 atom stereocenters. The molecule has 1 rings (SSSR count). The van der Waals surface area contributed by atoms with Gasteiger partial charge in [-0.3, -0.25) is 14.4 Å². The number of rotatable bonds is 14. The monoisotopic (exact) mass is 451 g/mol. The first kappa shape index (κ1) is 27.0. The van der Waals surface area contributed by atoms with Crippen LogP contribution in [0.15, 0.2) is 30.3 Å². The normalized spacial score (nSPS) is 14.5. The molecule has 0 saturated heterocycles. The number of hydrogen-bond acceptors (Lipinski definition) is 7. The molecule has 11 heteroatoms. The second-order valence-corrected chi connectivity index (χ2v) is 7.45. The summed E-state index contributed by atoms with van der Waals surface area (Å²) in [6.07, 6.45) is 1.54. The van der Waals surface area contributed by atoms with E-state index < -0.39 is 54.5 Å². The van der Waals surface area contributed by atoms with Crippen molar-refractivity contribution in [2.45, 2.75) is 56.8 Å². The molecule has 0 spiro atoms. The number of aliphatic hydroxyl groups is 1. The van der Waals surface area contributed by atoms with Crippen LogP contribution in [-0.4, -0.2) is 71.2 Å². The zero-order chi connectivity index (χ0) is 24.1. The van der Waals surface area contributed by atoms with E-state index in [0.717, 1.165) is 5.56 Å². The number of carboxylic acid groups (broad SMARTS) is 1. The zero-order valence-corrected chi connectivity index (χ0v) is 18.1. The summed E-state index contributed by atoms with van der Waals surface area (Å²) in [6, 6.07) is 4.67. The third-order valence-corrected chi connectivity index (χ3v) is 4.76. The van der Waals surface area contributed by atoms with Gasteiger partial charge in [-0.05, 0) is 44.7 Å². The Hall–Kier alpha value is -3.02. The topological polar surface area (TPSA) is 197 Å². The summed E-state index contributed by atoms with van der Waals surface area (Å²) in [4.78, 5) is 48.3. The van der Waals surface area contributed by atoms with Crippen LogP contribution in [0.3, 0.4) is 0 Å². The third kappa shape index (κ3) is 9.41. The van der Waals surface area contributed by atoms with Crippen LogP contribution >= 0.6 is 0 Å². The van der Waals surface area contributed by atoms with Crippen LogP contribution in [0.5, 0.6) is 0 Å². The molecule has 1 aromatic rings. The number of nitrogens with two attached hydrogens (primary N) is 2. The van der Waals surface area contributed by atoms with E-state index in [4.69, 9.17) is 11.5 Å². The highest BCUT2D eigenvalue weighted by atomic mass is 16.4. The van der Waals surface area contributed by atoms with Crippen LogP contribution in [0.4, 0.5) is 0 Å². The lowest BCUT2D eigenvalue weighted by Crippen LogP contribution is -2.57. The molecule has 0 aromatic heterocycles. The average molecular weight is 452 g/mol. The van der Waals surface area contributed by atoms with Gasteiger partial charge in [-0.1, -0.05) is 30.3 Å². The molecule has 32 heavy (non-hydrogen) atoms. The molecule has 0 radical (unpaired) electrons. The molecule has 9 N–H and O–H groups in total. The van der Waals surface area contributed by atoms with Gasteiger partial charge in [-0.2, -0.15) is 0 Å². The maximum Gasteiger partial charge on any atom is 0.326 e. The molecule has 0 saturated carbocycles. The van der Waals surface area contributed by atoms with Gasteiger partial charge in [-0.25, -0.2) is 4.79 Å². The molecule has 0 bridgehead atoms. The van der Waals surface area contributed by atoms with Crippen molar-refractivity contribution in [3.63, 3.8) is 0 Å². The summed E-state index contributed by atoms with van der Waals surface area (Å²) >= 11 is 0. The van der Waals surface area contributed by atoms with E-state index >= 15 is 0 Å². The summed E-state index contributed by atoms with van der Waals surface area (Å²) < 4.78 is 0. The molecule has 1 aromatic carbocycles. The Morgan fingerprint density at radius 1 is 0.938 bits per heavy atom. The first-order valence-corrected chi connectivity index (χ1v) is 10.4. The van der Waals surface area contributed by atoms with Gasteiger partial charge < -0.3 is 37.6 Å². The highest BCUT2D eigenvalue weighted by Gasteiger charge is 2.28. The molecule has 4 unspecified atom stereocenters. The van der Waals surface area contributed by atoms with E-state index in [0.29, 0.717) is 19.4 Å². The molecule has 0 aliphatic heterocycles. The number of benzene rings is 1. The minimum Gasteiger partial charge on any atom is -0.480 e. The molecule has 0 aliphatic carbocycles. The lowest BCUT2D eigenvalue weighted by atomic mass is 10.1. The van der Waals surface area contributed by atoms with Crippen molar-refractivity contribution in [2.24, 2.45) is 11.5 Å². The third-order valence-electron chi connectivity index (χ3n) is 4.76. The van der Waals surface area contributed by atoms with Crippen LogP contribution in [-0.2, 0) is 25.6 Å². The van der Waals surface area contributed by atoms with Crippen molar-refractivity contribution in [1.29, 1.82) is 0 Å². The van der Waals surface area contributed by atoms with Gasteiger partial charge in [0.1, 0.15) is 18.1 Å². The van der Waals surface area contributed by atoms with E-state index in [1.165, 1.54) is 6.92 Å². The van der Waals surface area contributed by atoms with Crippen molar-refractivity contribution in [3.05, 3.63) is 35.9 Å². The molecular formula is C21H33N5O6. The van der Waals surface area contributed by atoms with Crippen LogP contribution in [0, 0.1) is 0 Å². The molecule has 0 heterocycles. The molecule has 0 aliphatic rings. The minimum atomic E-state index is -1.38. The van der Waals surface area contributed by atoms with E-state index in [1.54, 1.807) is 0 Å². The summed E-state index contributed by atoms with van der Waals surface area (Å²) in [6.45, 7) is 1.05. The Morgan fingerprint density at radius 3 is 2.12 bits per heavy atom. The second-order valence-electron chi connectivity index (χ2n) is 7.45. The number of carbonyl (C=O) groups excluding carboxylic acids is 3. The van der Waals surface area contributed by atoms with Crippen molar-refractivity contribution in [3.8, 4) is 0 Å². The Kier molecular flexibility index (Phi) is 11.9. The Balaban J connectivity index is 2.59. The van der Waals surface area contributed by atoms with E-state index in [9.17, 15) is 29.4 Å². The first-order chi connectivity index (χ1) is 15.2. The van der Waals surface area contributed by atoms with Crippen LogP contribution in [0.2, 0.25) is 0 Å². The summed E-state index contributed by atoms with van der Waals surface area (Å²) in [5.74, 6) is -3.35. The number of aliphatic carboxylic acids is 1. The predicted molar refractivity (Wildman–Crippen MR) is 117 cm³/mol. The number of hydrogen-bond donors (Lipinski definition) is 7. The van der Waals surface area contributed by atoms with Gasteiger partial charge in [-0.15, -0.1) is 0 Å². The largest absolute Gasteiger partial charge is 0.480 e. The van der Waals surface area contributed by atoms with E-state index in [-0.39, 0.29) is 12.8 Å². The summed E-state index contributed by atoms with van der Waals surface area (Å²) in [7, 11) is 0. The number of nitrogens with one attached hydrogen (secondary N) is 3. The summed E-state index contributed by atoms with van der Waals surface area (Å²) in [5.41, 5.74) is 12.1. The lowest BCUT2D eigenvalue weighted by molar-refractivity contribution is -0.142. The Bertz CT molecular complexity index is 760. The van der Waals surface area contributed by atoms with E-state index in [1.807, 2.05) is 30.3 Å². The Labute approximate surface area is 186 Å². The number of aliphatic hydroxyl groups excluding tert-OH is 1. The van der Waals surface area contributed by atoms with Crippen molar-refractivity contribution < 1.29 is 29.4 Å². The average Bonchev–Trinajstić information content (AvgIpc) is 2.76. The maximum absolute atomic E-state index is 12.4. The number of unbranched alkanes of at least 4 members (excludes halogenated alkanes) is 1. The minimum absolute atomic E-state index is 0.163. The van der Waals surface area contributed by atoms with Gasteiger partial charge in [0.05, 0.1) is 12.6 Å². The molecular weight excluding hydrogens is 418 g/mol. The lowest BCUT2D eigenvalue weighted by Gasteiger charge is -2.22. The van der Waals surface area contributed by atoms with Crippen LogP contribution in [0.25, 0.3) is 0 Å². The van der Waals surface area contributed by atoms with E-state index in [2.05, 4.69) is 16.0 Å². The van der Waals surface area contributed by atoms with Crippen molar-refractivity contribution in [2.75, 3.05) is 13.2 Å². The smallest absolute Gasteiger partial charge is 0.326 e. The molecule has 0 fully saturated rings. The highest BCUT2D eigenvalue weighted by molar-refractivity contribution is 5.94. The van der Waals surface area contributed by atoms with Gasteiger partial charge in [0.15, 0.2) is 0 Å². The first-order valence-electron chi connectivity index (χ1n) is 10.4. The van der Waals surface area contributed by atoms with Crippen molar-refractivity contribution >= 4 is 23.7 Å². The van der Waals surface area contributed by atoms with Crippen molar-refractivity contribution in [1.82, 2.24) is 16.0 Å². The fourth-order valence-corrected chi connectivity index (χ4v) is 2.86. The SMILES string of the molecule is CC(NC(=O)C(N)Cc1ccccc1)C(=O)NC(CO)C(=O)NC(CCCCN)C(=O)O. The van der Waals surface area contributed by atoms with Gasteiger partial charge >= 0.3 is 5.97 Å². The van der Waals surface area contributed by atoms with Crippen LogP contribution in [0.1, 0.15) is 31.7 Å².